The van der Waals surface area contributed by atoms with Gasteiger partial charge in [0, 0.05) is 16.1 Å². The molecule has 1 atom stereocenters. The van der Waals surface area contributed by atoms with Gasteiger partial charge in [0.05, 0.1) is 0 Å². The van der Waals surface area contributed by atoms with Crippen LogP contribution in [-0.4, -0.2) is 11.1 Å². The first-order valence-corrected chi connectivity index (χ1v) is 4.73. The third-order valence-electron chi connectivity index (χ3n) is 1.70. The topological polar surface area (TPSA) is 46.2 Å². The molecule has 1 aromatic rings. The van der Waals surface area contributed by atoms with Crippen molar-refractivity contribution in [1.29, 1.82) is 0 Å². The minimum Gasteiger partial charge on any atom is -0.505 e. The maximum absolute atomic E-state index is 12.9. The van der Waals surface area contributed by atoms with E-state index in [0.717, 1.165) is 0 Å². The van der Waals surface area contributed by atoms with Crippen molar-refractivity contribution in [2.45, 2.75) is 19.4 Å². The monoisotopic (exact) mass is 247 g/mol. The Kier molecular flexibility index (Phi) is 3.27. The van der Waals surface area contributed by atoms with Crippen LogP contribution in [0.2, 0.25) is 0 Å². The Hall–Kier alpha value is -0.610. The number of hydrogen-bond acceptors (Lipinski definition) is 2. The van der Waals surface area contributed by atoms with Gasteiger partial charge in [0.25, 0.3) is 0 Å². The molecule has 72 valence electrons. The first kappa shape index (κ1) is 10.5. The average molecular weight is 248 g/mol. The third kappa shape index (κ3) is 2.42. The van der Waals surface area contributed by atoms with Crippen molar-refractivity contribution in [3.05, 3.63) is 28.0 Å². The van der Waals surface area contributed by atoms with Gasteiger partial charge in [0.15, 0.2) is 11.6 Å². The van der Waals surface area contributed by atoms with Crippen LogP contribution in [0.5, 0.6) is 5.75 Å². The molecule has 0 fully saturated rings. The summed E-state index contributed by atoms with van der Waals surface area (Å²) in [6.07, 6.45) is 0.449. The molecule has 3 N–H and O–H groups in total. The SMILES string of the molecule is CC(N)Cc1c(Br)ccc(F)c1O. The van der Waals surface area contributed by atoms with Crippen molar-refractivity contribution >= 4 is 15.9 Å². The lowest BCUT2D eigenvalue weighted by Crippen LogP contribution is -2.18. The highest BCUT2D eigenvalue weighted by Crippen LogP contribution is 2.29. The van der Waals surface area contributed by atoms with Gasteiger partial charge in [0.1, 0.15) is 0 Å². The standard InChI is InChI=1S/C9H11BrFNO/c1-5(12)4-6-7(10)2-3-8(11)9(6)13/h2-3,5,13H,4,12H2,1H3. The van der Waals surface area contributed by atoms with Gasteiger partial charge in [-0.15, -0.1) is 0 Å². The summed E-state index contributed by atoms with van der Waals surface area (Å²) >= 11 is 3.23. The Labute approximate surface area is 84.7 Å². The van der Waals surface area contributed by atoms with Crippen molar-refractivity contribution in [2.75, 3.05) is 0 Å². The van der Waals surface area contributed by atoms with E-state index in [1.54, 1.807) is 13.0 Å². The van der Waals surface area contributed by atoms with Gasteiger partial charge in [-0.2, -0.15) is 0 Å². The molecule has 0 aliphatic rings. The van der Waals surface area contributed by atoms with Crippen molar-refractivity contribution < 1.29 is 9.50 Å². The van der Waals surface area contributed by atoms with Gasteiger partial charge in [-0.3, -0.25) is 0 Å². The van der Waals surface area contributed by atoms with Gasteiger partial charge in [-0.1, -0.05) is 15.9 Å². The summed E-state index contributed by atoms with van der Waals surface area (Å²) in [5, 5.41) is 9.37. The lowest BCUT2D eigenvalue weighted by Gasteiger charge is -2.10. The zero-order valence-corrected chi connectivity index (χ0v) is 8.81. The fourth-order valence-corrected chi connectivity index (χ4v) is 1.58. The van der Waals surface area contributed by atoms with E-state index in [1.165, 1.54) is 6.07 Å². The summed E-state index contributed by atoms with van der Waals surface area (Å²) in [5.41, 5.74) is 6.08. The molecule has 0 saturated carbocycles. The fourth-order valence-electron chi connectivity index (χ4n) is 1.10. The second kappa shape index (κ2) is 4.07. The molecule has 0 aliphatic carbocycles. The Morgan fingerprint density at radius 2 is 2.23 bits per heavy atom. The summed E-state index contributed by atoms with van der Waals surface area (Å²) in [6.45, 7) is 1.80. The highest BCUT2D eigenvalue weighted by molar-refractivity contribution is 9.10. The molecule has 0 amide bonds. The normalized spacial score (nSPS) is 12.9. The fraction of sp³-hybridized carbons (Fsp3) is 0.333. The Balaban J connectivity index is 3.10. The van der Waals surface area contributed by atoms with Crippen molar-refractivity contribution in [1.82, 2.24) is 0 Å². The van der Waals surface area contributed by atoms with Crippen molar-refractivity contribution in [2.24, 2.45) is 5.73 Å². The molecule has 0 spiro atoms. The molecule has 0 saturated heterocycles. The molecule has 13 heavy (non-hydrogen) atoms. The highest BCUT2D eigenvalue weighted by Gasteiger charge is 2.12. The second-order valence-electron chi connectivity index (χ2n) is 3.04. The Morgan fingerprint density at radius 3 is 2.77 bits per heavy atom. The minimum atomic E-state index is -0.612. The molecule has 0 aliphatic heterocycles. The molecular formula is C9H11BrFNO. The van der Waals surface area contributed by atoms with E-state index in [1.807, 2.05) is 0 Å². The second-order valence-corrected chi connectivity index (χ2v) is 3.89. The number of aromatic hydroxyl groups is 1. The molecule has 2 nitrogen and oxygen atoms in total. The van der Waals surface area contributed by atoms with Crippen LogP contribution in [-0.2, 0) is 6.42 Å². The van der Waals surface area contributed by atoms with E-state index in [4.69, 9.17) is 5.73 Å². The van der Waals surface area contributed by atoms with Crippen LogP contribution in [0.1, 0.15) is 12.5 Å². The highest BCUT2D eigenvalue weighted by atomic mass is 79.9. The van der Waals surface area contributed by atoms with Gasteiger partial charge in [-0.25, -0.2) is 4.39 Å². The van der Waals surface area contributed by atoms with Crippen LogP contribution >= 0.6 is 15.9 Å². The third-order valence-corrected chi connectivity index (χ3v) is 2.45. The summed E-state index contributed by atoms with van der Waals surface area (Å²) in [7, 11) is 0. The first-order valence-electron chi connectivity index (χ1n) is 3.93. The Bertz CT molecular complexity index is 315. The average Bonchev–Trinajstić information content (AvgIpc) is 2.05. The van der Waals surface area contributed by atoms with Crippen LogP contribution in [0, 0.1) is 5.82 Å². The maximum Gasteiger partial charge on any atom is 0.165 e. The summed E-state index contributed by atoms with van der Waals surface area (Å²) < 4.78 is 13.6. The van der Waals surface area contributed by atoms with Crippen LogP contribution in [0.4, 0.5) is 4.39 Å². The zero-order chi connectivity index (χ0) is 10.0. The lowest BCUT2D eigenvalue weighted by atomic mass is 10.1. The van der Waals surface area contributed by atoms with Crippen molar-refractivity contribution in [3.8, 4) is 5.75 Å². The molecule has 0 aromatic heterocycles. The van der Waals surface area contributed by atoms with E-state index >= 15 is 0 Å². The smallest absolute Gasteiger partial charge is 0.165 e. The van der Waals surface area contributed by atoms with Crippen LogP contribution < -0.4 is 5.73 Å². The molecule has 1 rings (SSSR count). The van der Waals surface area contributed by atoms with E-state index in [0.29, 0.717) is 16.5 Å². The maximum atomic E-state index is 12.9. The van der Waals surface area contributed by atoms with E-state index in [2.05, 4.69) is 15.9 Å². The van der Waals surface area contributed by atoms with Gasteiger partial charge in [0.2, 0.25) is 0 Å². The summed E-state index contributed by atoms with van der Waals surface area (Å²) in [6, 6.07) is 2.67. The van der Waals surface area contributed by atoms with Crippen LogP contribution in [0.3, 0.4) is 0 Å². The van der Waals surface area contributed by atoms with E-state index < -0.39 is 5.82 Å². The summed E-state index contributed by atoms with van der Waals surface area (Å²) in [5.74, 6) is -0.925. The predicted octanol–water partition coefficient (Wildman–Crippen LogP) is 2.18. The van der Waals surface area contributed by atoms with Gasteiger partial charge in [-0.05, 0) is 25.5 Å². The molecule has 0 radical (unpaired) electrons. The lowest BCUT2D eigenvalue weighted by molar-refractivity contribution is 0.423. The van der Waals surface area contributed by atoms with Crippen LogP contribution in [0.15, 0.2) is 16.6 Å². The van der Waals surface area contributed by atoms with Gasteiger partial charge >= 0.3 is 0 Å². The number of rotatable bonds is 2. The predicted molar refractivity (Wildman–Crippen MR) is 53.1 cm³/mol. The minimum absolute atomic E-state index is 0.107. The number of nitrogens with two attached hydrogens (primary N) is 1. The molecule has 0 heterocycles. The largest absolute Gasteiger partial charge is 0.505 e. The number of phenolic OH excluding ortho intramolecular Hbond substituents is 1. The van der Waals surface area contributed by atoms with E-state index in [-0.39, 0.29) is 11.8 Å². The molecule has 4 heteroatoms. The number of hydrogen-bond donors (Lipinski definition) is 2. The van der Waals surface area contributed by atoms with E-state index in [9.17, 15) is 9.50 Å². The molecule has 1 unspecified atom stereocenters. The quantitative estimate of drug-likeness (QED) is 0.842. The Morgan fingerprint density at radius 1 is 1.62 bits per heavy atom. The molecular weight excluding hydrogens is 237 g/mol. The molecule has 0 bridgehead atoms. The number of phenols is 1. The molecule has 1 aromatic carbocycles. The first-order chi connectivity index (χ1) is 6.02. The zero-order valence-electron chi connectivity index (χ0n) is 7.22. The van der Waals surface area contributed by atoms with Gasteiger partial charge < -0.3 is 10.8 Å². The van der Waals surface area contributed by atoms with Crippen molar-refractivity contribution in [3.63, 3.8) is 0 Å². The summed E-state index contributed by atoms with van der Waals surface area (Å²) in [4.78, 5) is 0. The number of benzene rings is 1. The number of halogens is 2. The van der Waals surface area contributed by atoms with Crippen LogP contribution in [0.25, 0.3) is 0 Å².